The fourth-order valence-electron chi connectivity index (χ4n) is 1.41. The smallest absolute Gasteiger partial charge is 0.294 e. The number of amides is 1. The molecule has 8 nitrogen and oxygen atoms in total. The van der Waals surface area contributed by atoms with E-state index < -0.39 is 36.7 Å². The number of aryl methyl sites for hydroxylation is 1. The number of carbonyl (C=O) groups excluding carboxylic acids is 1. The third-order valence-corrected chi connectivity index (χ3v) is 6.33. The first-order valence-corrected chi connectivity index (χ1v) is 9.69. The van der Waals surface area contributed by atoms with E-state index in [4.69, 9.17) is 15.4 Å². The van der Waals surface area contributed by atoms with Crippen LogP contribution in [0.5, 0.6) is 0 Å². The van der Waals surface area contributed by atoms with Crippen molar-refractivity contribution < 1.29 is 31.3 Å². The maximum Gasteiger partial charge on any atom is 0.294 e. The molecule has 23 heavy (non-hydrogen) atoms. The molecule has 2 atom stereocenters. The Bertz CT molecular complexity index is 752. The number of nitrogens with two attached hydrogens (primary N) is 1. The molecule has 0 radical (unpaired) electrons. The molecule has 0 fully saturated rings. The van der Waals surface area contributed by atoms with E-state index in [9.17, 15) is 21.6 Å². The van der Waals surface area contributed by atoms with Crippen LogP contribution in [-0.4, -0.2) is 49.5 Å². The molecule has 1 aromatic carbocycles. The molecular weight excluding hydrogens is 346 g/mol. The minimum absolute atomic E-state index is 0.0666. The Balaban J connectivity index is 0.000000422. The summed E-state index contributed by atoms with van der Waals surface area (Å²) in [6.45, 7) is 4.16. The number of rotatable bonds is 4. The maximum atomic E-state index is 11.1. The highest BCUT2D eigenvalue weighted by atomic mass is 32.2. The van der Waals surface area contributed by atoms with Crippen LogP contribution in [-0.2, 0) is 24.7 Å². The van der Waals surface area contributed by atoms with Gasteiger partial charge < -0.3 is 10.8 Å². The molecule has 0 saturated carbocycles. The van der Waals surface area contributed by atoms with Crippen LogP contribution in [0.25, 0.3) is 0 Å². The average Bonchev–Trinajstić information content (AvgIpc) is 2.36. The SMILES string of the molecule is CC(O)C(C)(C(N)=O)S(C)(=O)=O.Cc1ccc(S(=O)(=O)O)cc1. The lowest BCUT2D eigenvalue weighted by atomic mass is 10.1. The first-order chi connectivity index (χ1) is 10.1. The Morgan fingerprint density at radius 3 is 1.74 bits per heavy atom. The van der Waals surface area contributed by atoms with Gasteiger partial charge in [-0.25, -0.2) is 8.42 Å². The topological polar surface area (TPSA) is 152 Å². The van der Waals surface area contributed by atoms with E-state index in [1.807, 2.05) is 6.92 Å². The number of aliphatic hydroxyl groups excluding tert-OH is 1. The van der Waals surface area contributed by atoms with E-state index >= 15 is 0 Å². The van der Waals surface area contributed by atoms with Gasteiger partial charge in [0.1, 0.15) is 0 Å². The number of hydrogen-bond acceptors (Lipinski definition) is 6. The van der Waals surface area contributed by atoms with Crippen LogP contribution in [0.3, 0.4) is 0 Å². The maximum absolute atomic E-state index is 11.1. The molecule has 4 N–H and O–H groups in total. The van der Waals surface area contributed by atoms with E-state index in [-0.39, 0.29) is 4.90 Å². The van der Waals surface area contributed by atoms with Gasteiger partial charge in [-0.15, -0.1) is 0 Å². The normalized spacial score (nSPS) is 15.7. The summed E-state index contributed by atoms with van der Waals surface area (Å²) in [5.41, 5.74) is 5.84. The Morgan fingerprint density at radius 2 is 1.57 bits per heavy atom. The highest BCUT2D eigenvalue weighted by Crippen LogP contribution is 2.20. The van der Waals surface area contributed by atoms with Crippen molar-refractivity contribution in [2.75, 3.05) is 6.26 Å². The third kappa shape index (κ3) is 5.57. The number of hydrogen-bond donors (Lipinski definition) is 3. The van der Waals surface area contributed by atoms with Gasteiger partial charge in [-0.1, -0.05) is 17.7 Å². The first-order valence-electron chi connectivity index (χ1n) is 6.35. The lowest BCUT2D eigenvalue weighted by Crippen LogP contribution is -2.54. The second-order valence-electron chi connectivity index (χ2n) is 5.21. The molecule has 0 aliphatic rings. The second-order valence-corrected chi connectivity index (χ2v) is 9.02. The standard InChI is InChI=1S/C7H8O3S.C6H13NO4S/c1-6-2-4-7(5-3-6)11(8,9)10;1-4(8)6(2,5(7)9)12(3,10)11/h2-5H,1H3,(H,8,9,10);4,8H,1-3H3,(H2,7,9). The van der Waals surface area contributed by atoms with Crippen molar-refractivity contribution in [1.29, 1.82) is 0 Å². The minimum atomic E-state index is -4.02. The summed E-state index contributed by atoms with van der Waals surface area (Å²) >= 11 is 0. The largest absolute Gasteiger partial charge is 0.391 e. The van der Waals surface area contributed by atoms with Gasteiger partial charge in [0.2, 0.25) is 5.91 Å². The lowest BCUT2D eigenvalue weighted by molar-refractivity contribution is -0.122. The van der Waals surface area contributed by atoms with Crippen molar-refractivity contribution in [3.05, 3.63) is 29.8 Å². The third-order valence-electron chi connectivity index (χ3n) is 3.38. The molecule has 0 aliphatic carbocycles. The summed E-state index contributed by atoms with van der Waals surface area (Å²) < 4.78 is 49.8. The van der Waals surface area contributed by atoms with Crippen LogP contribution >= 0.6 is 0 Å². The minimum Gasteiger partial charge on any atom is -0.391 e. The average molecular weight is 367 g/mol. The number of primary amides is 1. The molecule has 0 aromatic heterocycles. The predicted octanol–water partition coefficient (Wildman–Crippen LogP) is -0.102. The number of sulfone groups is 1. The van der Waals surface area contributed by atoms with Crippen LogP contribution < -0.4 is 5.73 Å². The summed E-state index contributed by atoms with van der Waals surface area (Å²) in [6, 6.07) is 5.99. The fourth-order valence-corrected chi connectivity index (χ4v) is 2.87. The zero-order valence-corrected chi connectivity index (χ0v) is 14.8. The lowest BCUT2D eigenvalue weighted by Gasteiger charge is -2.26. The molecule has 0 heterocycles. The summed E-state index contributed by atoms with van der Waals surface area (Å²) in [4.78, 5) is 10.7. The van der Waals surface area contributed by atoms with Gasteiger partial charge in [-0.05, 0) is 32.9 Å². The summed E-state index contributed by atoms with van der Waals surface area (Å²) in [5, 5.41) is 9.10. The predicted molar refractivity (Wildman–Crippen MR) is 85.1 cm³/mol. The molecule has 0 spiro atoms. The Kier molecular flexibility index (Phi) is 6.91. The van der Waals surface area contributed by atoms with Crippen LogP contribution in [0.4, 0.5) is 0 Å². The van der Waals surface area contributed by atoms with Crippen molar-refractivity contribution in [2.24, 2.45) is 5.73 Å². The number of benzene rings is 1. The van der Waals surface area contributed by atoms with Crippen LogP contribution in [0.2, 0.25) is 0 Å². The fraction of sp³-hybridized carbons (Fsp3) is 0.462. The van der Waals surface area contributed by atoms with E-state index in [1.165, 1.54) is 19.1 Å². The quantitative estimate of drug-likeness (QED) is 0.628. The van der Waals surface area contributed by atoms with Gasteiger partial charge in [0.15, 0.2) is 14.6 Å². The van der Waals surface area contributed by atoms with Crippen molar-refractivity contribution in [2.45, 2.75) is 36.5 Å². The molecule has 0 bridgehead atoms. The van der Waals surface area contributed by atoms with Crippen molar-refractivity contribution in [3.8, 4) is 0 Å². The van der Waals surface area contributed by atoms with E-state index in [1.54, 1.807) is 12.1 Å². The van der Waals surface area contributed by atoms with Gasteiger partial charge in [-0.3, -0.25) is 9.35 Å². The van der Waals surface area contributed by atoms with Crippen LogP contribution in [0.15, 0.2) is 29.2 Å². The van der Waals surface area contributed by atoms with Crippen molar-refractivity contribution >= 4 is 25.9 Å². The van der Waals surface area contributed by atoms with Gasteiger partial charge in [0, 0.05) is 6.26 Å². The molecule has 132 valence electrons. The molecule has 1 amide bonds. The zero-order chi connectivity index (χ0) is 18.6. The molecule has 1 aromatic rings. The van der Waals surface area contributed by atoms with E-state index in [0.717, 1.165) is 18.7 Å². The Morgan fingerprint density at radius 1 is 1.17 bits per heavy atom. The molecule has 0 aliphatic heterocycles. The summed E-state index contributed by atoms with van der Waals surface area (Å²) in [7, 11) is -7.71. The highest BCUT2D eigenvalue weighted by Gasteiger charge is 2.46. The molecule has 0 saturated heterocycles. The monoisotopic (exact) mass is 367 g/mol. The van der Waals surface area contributed by atoms with Gasteiger partial charge in [-0.2, -0.15) is 8.42 Å². The zero-order valence-electron chi connectivity index (χ0n) is 13.2. The van der Waals surface area contributed by atoms with Gasteiger partial charge >= 0.3 is 0 Å². The number of carbonyl (C=O) groups is 1. The Hall–Kier alpha value is -1.49. The molecule has 10 heteroatoms. The van der Waals surface area contributed by atoms with Crippen molar-refractivity contribution in [3.63, 3.8) is 0 Å². The molecule has 2 unspecified atom stereocenters. The molecule has 1 rings (SSSR count). The summed E-state index contributed by atoms with van der Waals surface area (Å²) in [5.74, 6) is -1.04. The van der Waals surface area contributed by atoms with Crippen LogP contribution in [0.1, 0.15) is 19.4 Å². The van der Waals surface area contributed by atoms with Gasteiger partial charge in [0.05, 0.1) is 11.0 Å². The first kappa shape index (κ1) is 21.5. The molecular formula is C13H21NO7S2. The van der Waals surface area contributed by atoms with Gasteiger partial charge in [0.25, 0.3) is 10.1 Å². The van der Waals surface area contributed by atoms with Crippen LogP contribution in [0, 0.1) is 6.92 Å². The van der Waals surface area contributed by atoms with E-state index in [0.29, 0.717) is 0 Å². The highest BCUT2D eigenvalue weighted by molar-refractivity contribution is 7.92. The summed E-state index contributed by atoms with van der Waals surface area (Å²) in [6.07, 6.45) is -0.449. The second kappa shape index (κ2) is 7.39. The van der Waals surface area contributed by atoms with Crippen molar-refractivity contribution in [1.82, 2.24) is 0 Å². The Labute approximate surface area is 136 Å². The van der Waals surface area contributed by atoms with E-state index in [2.05, 4.69) is 0 Å². The number of aliphatic hydroxyl groups is 1.